The summed E-state index contributed by atoms with van der Waals surface area (Å²) in [5.74, 6) is 0. The van der Waals surface area contributed by atoms with Crippen molar-refractivity contribution in [2.45, 2.75) is 6.92 Å². The van der Waals surface area contributed by atoms with Crippen LogP contribution in [0.1, 0.15) is 6.92 Å². The minimum Gasteiger partial charge on any atom is -0.320 e. The van der Waals surface area contributed by atoms with Gasteiger partial charge in [-0.15, -0.1) is 0 Å². The highest BCUT2D eigenvalue weighted by molar-refractivity contribution is 8.13. The molecule has 1 heterocycles. The summed E-state index contributed by atoms with van der Waals surface area (Å²) in [6.07, 6.45) is 0. The third-order valence-corrected chi connectivity index (χ3v) is 5.55. The van der Waals surface area contributed by atoms with Crippen LogP contribution in [0.2, 0.25) is 0 Å². The second-order valence-corrected chi connectivity index (χ2v) is 7.64. The van der Waals surface area contributed by atoms with Crippen molar-refractivity contribution in [3.8, 4) is 11.1 Å². The highest BCUT2D eigenvalue weighted by atomic mass is 32.4. The maximum Gasteiger partial charge on any atom is 0.248 e. The highest BCUT2D eigenvalue weighted by Gasteiger charge is 2.24. The Bertz CT molecular complexity index is 608. The molecular weight excluding hydrogens is 275 g/mol. The van der Waals surface area contributed by atoms with E-state index in [1.54, 1.807) is 0 Å². The number of anilines is 2. The zero-order chi connectivity index (χ0) is 13.3. The molecule has 0 aliphatic carbocycles. The molecule has 0 saturated heterocycles. The van der Waals surface area contributed by atoms with E-state index in [0.717, 1.165) is 22.5 Å². The summed E-state index contributed by atoms with van der Waals surface area (Å²) in [7, 11) is 0. The molecule has 0 aromatic heterocycles. The van der Waals surface area contributed by atoms with Gasteiger partial charge in [-0.25, -0.2) is 0 Å². The van der Waals surface area contributed by atoms with Gasteiger partial charge in [-0.05, 0) is 30.9 Å². The molecule has 2 N–H and O–H groups in total. The normalized spacial score (nSPS) is 15.4. The van der Waals surface area contributed by atoms with Crippen LogP contribution in [-0.4, -0.2) is 6.61 Å². The van der Waals surface area contributed by atoms with E-state index in [1.807, 2.05) is 43.3 Å². The van der Waals surface area contributed by atoms with Gasteiger partial charge < -0.3 is 14.7 Å². The lowest BCUT2D eigenvalue weighted by molar-refractivity contribution is 0.381. The van der Waals surface area contributed by atoms with Gasteiger partial charge in [0.1, 0.15) is 0 Å². The Hall–Kier alpha value is -1.35. The molecule has 2 aromatic rings. The summed E-state index contributed by atoms with van der Waals surface area (Å²) >= 11 is 5.66. The average molecular weight is 290 g/mol. The fourth-order valence-electron chi connectivity index (χ4n) is 2.22. The van der Waals surface area contributed by atoms with Gasteiger partial charge >= 0.3 is 0 Å². The minimum atomic E-state index is -2.29. The van der Waals surface area contributed by atoms with E-state index in [-0.39, 0.29) is 0 Å². The third-order valence-electron chi connectivity index (χ3n) is 2.99. The van der Waals surface area contributed by atoms with Gasteiger partial charge in [-0.1, -0.05) is 36.4 Å². The predicted molar refractivity (Wildman–Crippen MR) is 85.0 cm³/mol. The molecule has 0 atom stereocenters. The van der Waals surface area contributed by atoms with Crippen LogP contribution in [0.5, 0.6) is 0 Å². The molecule has 0 amide bonds. The van der Waals surface area contributed by atoms with Crippen LogP contribution in [0, 0.1) is 0 Å². The highest BCUT2D eigenvalue weighted by Crippen LogP contribution is 2.53. The standard InChI is InChI=1S/C14H15N2OPS/c1-2-17-18(19)15-13-9-5-3-7-11(13)12-8-4-6-10-14(12)16-18/h3-10H,2H2,1H3,(H2,15,16,19). The van der Waals surface area contributed by atoms with E-state index in [4.69, 9.17) is 16.3 Å². The molecule has 0 fully saturated rings. The summed E-state index contributed by atoms with van der Waals surface area (Å²) in [5.41, 5.74) is 4.35. The molecule has 0 radical (unpaired) electrons. The van der Waals surface area contributed by atoms with Gasteiger partial charge in [-0.3, -0.25) is 0 Å². The van der Waals surface area contributed by atoms with Gasteiger partial charge in [0.2, 0.25) is 6.57 Å². The molecule has 2 aromatic carbocycles. The molecule has 5 heteroatoms. The SMILES string of the molecule is CCOP1(=S)Nc2ccccc2-c2ccccc2N1. The predicted octanol–water partition coefficient (Wildman–Crippen LogP) is 4.45. The van der Waals surface area contributed by atoms with Crippen LogP contribution < -0.4 is 10.2 Å². The third kappa shape index (κ3) is 2.39. The summed E-state index contributed by atoms with van der Waals surface area (Å²) < 4.78 is 5.77. The Morgan fingerprint density at radius 2 is 1.42 bits per heavy atom. The molecule has 0 unspecified atom stereocenters. The number of para-hydroxylation sites is 2. The summed E-state index contributed by atoms with van der Waals surface area (Å²) in [6, 6.07) is 16.4. The largest absolute Gasteiger partial charge is 0.320 e. The molecular formula is C14H15N2OPS. The first-order valence-electron chi connectivity index (χ1n) is 6.21. The van der Waals surface area contributed by atoms with Gasteiger partial charge in [0.15, 0.2) is 0 Å². The van der Waals surface area contributed by atoms with E-state index >= 15 is 0 Å². The van der Waals surface area contributed by atoms with Gasteiger partial charge in [0, 0.05) is 22.5 Å². The first-order chi connectivity index (χ1) is 9.22. The number of hydrogen-bond acceptors (Lipinski definition) is 2. The maximum atomic E-state index is 5.77. The van der Waals surface area contributed by atoms with E-state index < -0.39 is 6.57 Å². The van der Waals surface area contributed by atoms with Crippen LogP contribution in [0.3, 0.4) is 0 Å². The van der Waals surface area contributed by atoms with Crippen LogP contribution in [0.25, 0.3) is 11.1 Å². The Morgan fingerprint density at radius 3 is 1.89 bits per heavy atom. The summed E-state index contributed by atoms with van der Waals surface area (Å²) in [5, 5.41) is 6.75. The lowest BCUT2D eigenvalue weighted by Gasteiger charge is -2.23. The molecule has 3 nitrogen and oxygen atoms in total. The van der Waals surface area contributed by atoms with Gasteiger partial charge in [-0.2, -0.15) is 0 Å². The first-order valence-corrected chi connectivity index (χ1v) is 8.93. The summed E-state index contributed by atoms with van der Waals surface area (Å²) in [6.45, 7) is 0.255. The van der Waals surface area contributed by atoms with E-state index in [0.29, 0.717) is 6.61 Å². The van der Waals surface area contributed by atoms with Crippen molar-refractivity contribution in [2.75, 3.05) is 16.8 Å². The van der Waals surface area contributed by atoms with Crippen LogP contribution >= 0.6 is 6.57 Å². The van der Waals surface area contributed by atoms with E-state index in [2.05, 4.69) is 22.3 Å². The lowest BCUT2D eigenvalue weighted by atomic mass is 10.0. The summed E-state index contributed by atoms with van der Waals surface area (Å²) in [4.78, 5) is 0. The number of fused-ring (bicyclic) bond motifs is 3. The smallest absolute Gasteiger partial charge is 0.248 e. The van der Waals surface area contributed by atoms with Crippen LogP contribution in [0.15, 0.2) is 48.5 Å². The van der Waals surface area contributed by atoms with E-state index in [1.165, 1.54) is 0 Å². The van der Waals surface area contributed by atoms with Crippen molar-refractivity contribution in [1.82, 2.24) is 0 Å². The maximum absolute atomic E-state index is 5.77. The van der Waals surface area contributed by atoms with Crippen LogP contribution in [0.4, 0.5) is 11.4 Å². The second kappa shape index (κ2) is 4.97. The Kier molecular flexibility index (Phi) is 3.31. The second-order valence-electron chi connectivity index (χ2n) is 4.28. The monoisotopic (exact) mass is 290 g/mol. The molecule has 1 aliphatic heterocycles. The van der Waals surface area contributed by atoms with Crippen molar-refractivity contribution in [3.05, 3.63) is 48.5 Å². The van der Waals surface area contributed by atoms with Crippen molar-refractivity contribution >= 4 is 29.7 Å². The average Bonchev–Trinajstić information content (AvgIpc) is 2.52. The molecule has 19 heavy (non-hydrogen) atoms. The fraction of sp³-hybridized carbons (Fsp3) is 0.143. The van der Waals surface area contributed by atoms with Crippen molar-refractivity contribution < 1.29 is 4.52 Å². The van der Waals surface area contributed by atoms with Gasteiger partial charge in [0.05, 0.1) is 6.61 Å². The van der Waals surface area contributed by atoms with E-state index in [9.17, 15) is 0 Å². The minimum absolute atomic E-state index is 0.585. The fourth-order valence-corrected chi connectivity index (χ4v) is 4.70. The lowest BCUT2D eigenvalue weighted by Crippen LogP contribution is -2.07. The molecule has 1 aliphatic rings. The zero-order valence-corrected chi connectivity index (χ0v) is 12.3. The van der Waals surface area contributed by atoms with Crippen molar-refractivity contribution in [3.63, 3.8) is 0 Å². The van der Waals surface area contributed by atoms with Gasteiger partial charge in [0.25, 0.3) is 0 Å². The number of rotatable bonds is 2. The Balaban J connectivity index is 2.21. The molecule has 98 valence electrons. The quantitative estimate of drug-likeness (QED) is 0.800. The number of nitrogens with one attached hydrogen (secondary N) is 2. The Labute approximate surface area is 118 Å². The number of benzene rings is 2. The Morgan fingerprint density at radius 1 is 0.947 bits per heavy atom. The number of hydrogen-bond donors (Lipinski definition) is 2. The topological polar surface area (TPSA) is 33.3 Å². The van der Waals surface area contributed by atoms with Crippen LogP contribution in [-0.2, 0) is 16.3 Å². The molecule has 3 rings (SSSR count). The molecule has 0 bridgehead atoms. The zero-order valence-electron chi connectivity index (χ0n) is 10.6. The molecule has 0 saturated carbocycles. The van der Waals surface area contributed by atoms with Crippen molar-refractivity contribution in [2.24, 2.45) is 0 Å². The first kappa shape index (κ1) is 12.7. The van der Waals surface area contributed by atoms with Crippen molar-refractivity contribution in [1.29, 1.82) is 0 Å². The molecule has 0 spiro atoms.